The molecule has 1 aliphatic carbocycles. The number of aromatic nitrogens is 3. The summed E-state index contributed by atoms with van der Waals surface area (Å²) in [5, 5.41) is 3.79. The Kier molecular flexibility index (Phi) is 12.5. The molecule has 4 aromatic rings. The number of hydrogen-bond acceptors (Lipinski definition) is 7. The van der Waals surface area contributed by atoms with Gasteiger partial charge in [-0.15, -0.1) is 24.9 Å². The number of hydrogen-bond donors (Lipinski definition) is 4. The fraction of sp³-hybridized carbons (Fsp3) is 0.472. The van der Waals surface area contributed by atoms with Crippen LogP contribution in [0.2, 0.25) is 0 Å². The van der Waals surface area contributed by atoms with Crippen LogP contribution in [0.3, 0.4) is 0 Å². The number of aryl methyl sites for hydroxylation is 1. The molecule has 2 heterocycles. The van der Waals surface area contributed by atoms with Crippen molar-refractivity contribution < 1.29 is 26.7 Å². The SMILES string of the molecule is CCCC(NCCCN=C(C)N)c1c(F)cc(-n2cc3cc(-c4cc(CCCC(N)C5CC5)cc(OC(F)(F)F)c4F)[nH]c3nc2=O)cc1SC. The lowest BCUT2D eigenvalue weighted by molar-refractivity contribution is -0.275. The maximum Gasteiger partial charge on any atom is 0.573 e. The van der Waals surface area contributed by atoms with E-state index in [2.05, 4.69) is 25.0 Å². The van der Waals surface area contributed by atoms with Gasteiger partial charge < -0.3 is 26.5 Å². The topological polar surface area (TPSA) is 136 Å². The molecule has 0 saturated heterocycles. The summed E-state index contributed by atoms with van der Waals surface area (Å²) in [5.41, 5.74) is 12.3. The molecule has 2 unspecified atom stereocenters. The van der Waals surface area contributed by atoms with Gasteiger partial charge in [0.2, 0.25) is 0 Å². The van der Waals surface area contributed by atoms with Crippen molar-refractivity contribution in [1.29, 1.82) is 0 Å². The average molecular weight is 734 g/mol. The van der Waals surface area contributed by atoms with Crippen LogP contribution in [0.1, 0.15) is 76.0 Å². The van der Waals surface area contributed by atoms with Crippen molar-refractivity contribution in [2.24, 2.45) is 22.4 Å². The zero-order chi connectivity index (χ0) is 36.9. The summed E-state index contributed by atoms with van der Waals surface area (Å²) in [6.45, 7) is 4.91. The van der Waals surface area contributed by atoms with E-state index in [9.17, 15) is 18.0 Å². The van der Waals surface area contributed by atoms with E-state index in [-0.39, 0.29) is 34.7 Å². The molecule has 5 rings (SSSR count). The molecule has 276 valence electrons. The van der Waals surface area contributed by atoms with E-state index in [1.54, 1.807) is 13.0 Å². The van der Waals surface area contributed by atoms with Gasteiger partial charge in [-0.05, 0) is 106 Å². The smallest absolute Gasteiger partial charge is 0.403 e. The third-order valence-electron chi connectivity index (χ3n) is 8.94. The third kappa shape index (κ3) is 9.89. The Morgan fingerprint density at radius 2 is 1.94 bits per heavy atom. The maximum absolute atomic E-state index is 15.9. The van der Waals surface area contributed by atoms with Gasteiger partial charge in [0.15, 0.2) is 11.6 Å². The van der Waals surface area contributed by atoms with Crippen molar-refractivity contribution in [2.45, 2.75) is 88.6 Å². The fourth-order valence-electron chi connectivity index (χ4n) is 6.29. The second-order valence-corrected chi connectivity index (χ2v) is 13.8. The summed E-state index contributed by atoms with van der Waals surface area (Å²) in [6.07, 6.45) is 4.19. The van der Waals surface area contributed by atoms with E-state index < -0.39 is 29.4 Å². The molecule has 6 N–H and O–H groups in total. The number of benzene rings is 2. The Bertz CT molecular complexity index is 1920. The molecule has 0 radical (unpaired) electrons. The average Bonchev–Trinajstić information content (AvgIpc) is 3.84. The van der Waals surface area contributed by atoms with Crippen molar-refractivity contribution >= 4 is 28.6 Å². The molecule has 0 amide bonds. The van der Waals surface area contributed by atoms with Gasteiger partial charge in [-0.25, -0.2) is 13.6 Å². The number of nitrogens with one attached hydrogen (secondary N) is 2. The largest absolute Gasteiger partial charge is 0.573 e. The molecule has 2 aromatic carbocycles. The highest BCUT2D eigenvalue weighted by atomic mass is 32.2. The summed E-state index contributed by atoms with van der Waals surface area (Å²) in [6, 6.07) is 6.75. The van der Waals surface area contributed by atoms with Gasteiger partial charge in [0.25, 0.3) is 0 Å². The van der Waals surface area contributed by atoms with Crippen molar-refractivity contribution in [3.05, 3.63) is 69.8 Å². The number of amidine groups is 1. The first-order valence-corrected chi connectivity index (χ1v) is 18.3. The number of aliphatic imine (C=N–C) groups is 1. The Labute approximate surface area is 297 Å². The number of nitrogens with zero attached hydrogens (tertiary/aromatic N) is 3. The molecule has 15 heteroatoms. The zero-order valence-electron chi connectivity index (χ0n) is 28.9. The van der Waals surface area contributed by atoms with Crippen molar-refractivity contribution in [1.82, 2.24) is 19.9 Å². The van der Waals surface area contributed by atoms with Crippen LogP contribution in [-0.4, -0.2) is 52.1 Å². The van der Waals surface area contributed by atoms with E-state index in [1.165, 1.54) is 40.7 Å². The molecular formula is C36H44F5N7O2S. The number of H-pyrrole nitrogens is 1. The van der Waals surface area contributed by atoms with Crippen LogP contribution in [0.5, 0.6) is 5.75 Å². The number of halogens is 5. The molecule has 2 aromatic heterocycles. The molecule has 0 bridgehead atoms. The molecule has 1 aliphatic rings. The highest BCUT2D eigenvalue weighted by molar-refractivity contribution is 7.98. The van der Waals surface area contributed by atoms with Crippen LogP contribution in [0, 0.1) is 17.6 Å². The monoisotopic (exact) mass is 733 g/mol. The van der Waals surface area contributed by atoms with E-state index in [0.717, 1.165) is 31.7 Å². The van der Waals surface area contributed by atoms with Gasteiger partial charge in [-0.2, -0.15) is 4.98 Å². The van der Waals surface area contributed by atoms with Crippen LogP contribution < -0.4 is 27.2 Å². The molecule has 0 spiro atoms. The fourth-order valence-corrected chi connectivity index (χ4v) is 6.99. The predicted molar refractivity (Wildman–Crippen MR) is 192 cm³/mol. The Hall–Kier alpha value is -3.95. The maximum atomic E-state index is 15.9. The van der Waals surface area contributed by atoms with Gasteiger partial charge in [0, 0.05) is 46.2 Å². The second-order valence-electron chi connectivity index (χ2n) is 13.0. The van der Waals surface area contributed by atoms with Crippen molar-refractivity contribution in [2.75, 3.05) is 19.3 Å². The van der Waals surface area contributed by atoms with Gasteiger partial charge in [-0.3, -0.25) is 9.56 Å². The standard InChI is InChI=1S/C36H44F5N7O2S/c1-4-7-28(45-13-6-12-44-20(2)42)32-26(37)17-24(18-31(32)51-3)48-19-23-16-29(46-34(23)47-35(48)49)25-14-21(8-5-9-27(43)22-10-11-22)15-30(33(25)38)50-36(39,40)41/h14-19,22,27-28,45H,4-13,43H2,1-3H3,(H2,42,44)(H,46,47,49). The van der Waals surface area contributed by atoms with Crippen LogP contribution in [-0.2, 0) is 6.42 Å². The quantitative estimate of drug-likeness (QED) is 0.0290. The third-order valence-corrected chi connectivity index (χ3v) is 9.72. The van der Waals surface area contributed by atoms with Gasteiger partial charge in [0.1, 0.15) is 11.5 Å². The lowest BCUT2D eigenvalue weighted by Crippen LogP contribution is -2.25. The van der Waals surface area contributed by atoms with Crippen LogP contribution in [0.4, 0.5) is 22.0 Å². The van der Waals surface area contributed by atoms with Crippen LogP contribution in [0.15, 0.2) is 51.2 Å². The number of rotatable bonds is 17. The second kappa shape index (κ2) is 16.6. The van der Waals surface area contributed by atoms with E-state index >= 15 is 8.78 Å². The lowest BCUT2D eigenvalue weighted by Gasteiger charge is -2.22. The van der Waals surface area contributed by atoms with Crippen molar-refractivity contribution in [3.8, 4) is 22.7 Å². The number of thioether (sulfide) groups is 1. The Morgan fingerprint density at radius 1 is 1.18 bits per heavy atom. The molecule has 1 saturated carbocycles. The summed E-state index contributed by atoms with van der Waals surface area (Å²) in [4.78, 5) is 25.1. The van der Waals surface area contributed by atoms with E-state index in [0.29, 0.717) is 71.9 Å². The van der Waals surface area contributed by atoms with E-state index in [4.69, 9.17) is 11.5 Å². The number of nitrogens with two attached hydrogens (primary N) is 2. The number of fused-ring (bicyclic) bond motifs is 1. The van der Waals surface area contributed by atoms with Crippen LogP contribution in [0.25, 0.3) is 28.0 Å². The molecule has 2 atom stereocenters. The molecule has 1 fully saturated rings. The molecule has 51 heavy (non-hydrogen) atoms. The summed E-state index contributed by atoms with van der Waals surface area (Å²) < 4.78 is 76.6. The van der Waals surface area contributed by atoms with Gasteiger partial charge >= 0.3 is 12.1 Å². The minimum atomic E-state index is -5.11. The minimum Gasteiger partial charge on any atom is -0.403 e. The summed E-state index contributed by atoms with van der Waals surface area (Å²) >= 11 is 1.35. The Morgan fingerprint density at radius 3 is 2.61 bits per heavy atom. The highest BCUT2D eigenvalue weighted by Crippen LogP contribution is 2.37. The number of ether oxygens (including phenoxy) is 1. The molecule has 9 nitrogen and oxygen atoms in total. The zero-order valence-corrected chi connectivity index (χ0v) is 29.7. The number of alkyl halides is 3. The first-order valence-electron chi connectivity index (χ1n) is 17.1. The van der Waals surface area contributed by atoms with E-state index in [1.807, 2.05) is 13.2 Å². The highest BCUT2D eigenvalue weighted by Gasteiger charge is 2.34. The number of aromatic amines is 1. The first kappa shape index (κ1) is 38.3. The summed E-state index contributed by atoms with van der Waals surface area (Å²) in [7, 11) is 0. The van der Waals surface area contributed by atoms with Gasteiger partial charge in [0.05, 0.1) is 17.2 Å². The molecule has 0 aliphatic heterocycles. The lowest BCUT2D eigenvalue weighted by atomic mass is 9.99. The van der Waals surface area contributed by atoms with Crippen molar-refractivity contribution in [3.63, 3.8) is 0 Å². The van der Waals surface area contributed by atoms with Crippen LogP contribution >= 0.6 is 11.8 Å². The Balaban J connectivity index is 1.46. The predicted octanol–water partition coefficient (Wildman–Crippen LogP) is 7.54. The van der Waals surface area contributed by atoms with Gasteiger partial charge in [-0.1, -0.05) is 13.3 Å². The first-order chi connectivity index (χ1) is 24.3. The summed E-state index contributed by atoms with van der Waals surface area (Å²) in [5.74, 6) is -1.68. The normalized spacial score (nSPS) is 15.0. The molecular weight excluding hydrogens is 690 g/mol. The minimum absolute atomic E-state index is 0.0197.